The molecule has 8 heteroatoms. The molecule has 0 unspecified atom stereocenters. The predicted molar refractivity (Wildman–Crippen MR) is 127 cm³/mol. The van der Waals surface area contributed by atoms with Crippen LogP contribution in [0.25, 0.3) is 22.5 Å². The summed E-state index contributed by atoms with van der Waals surface area (Å²) in [6, 6.07) is 21.4. The summed E-state index contributed by atoms with van der Waals surface area (Å²) < 4.78 is 3.41. The van der Waals surface area contributed by atoms with Crippen molar-refractivity contribution in [2.45, 2.75) is 26.2 Å². The smallest absolute Gasteiger partial charge is 0.233 e. The van der Waals surface area contributed by atoms with Gasteiger partial charge in [-0.1, -0.05) is 55.5 Å². The molecule has 164 valence electrons. The van der Waals surface area contributed by atoms with E-state index in [1.165, 1.54) is 6.33 Å². The zero-order valence-corrected chi connectivity index (χ0v) is 18.4. The zero-order chi connectivity index (χ0) is 22.8. The molecule has 3 aromatic heterocycles. The van der Waals surface area contributed by atoms with Crippen molar-refractivity contribution in [1.29, 1.82) is 0 Å². The van der Waals surface area contributed by atoms with Gasteiger partial charge in [-0.15, -0.1) is 0 Å². The van der Waals surface area contributed by atoms with Crippen LogP contribution in [-0.2, 0) is 4.79 Å². The molecule has 0 aliphatic heterocycles. The van der Waals surface area contributed by atoms with Crippen LogP contribution >= 0.6 is 0 Å². The van der Waals surface area contributed by atoms with Crippen molar-refractivity contribution in [3.63, 3.8) is 0 Å². The third-order valence-electron chi connectivity index (χ3n) is 5.56. The van der Waals surface area contributed by atoms with Crippen molar-refractivity contribution < 1.29 is 4.79 Å². The molecule has 0 fully saturated rings. The zero-order valence-electron chi connectivity index (χ0n) is 18.4. The van der Waals surface area contributed by atoms with Gasteiger partial charge in [0, 0.05) is 6.07 Å². The van der Waals surface area contributed by atoms with Gasteiger partial charge in [-0.2, -0.15) is 14.9 Å². The van der Waals surface area contributed by atoms with Gasteiger partial charge < -0.3 is 5.32 Å². The van der Waals surface area contributed by atoms with Crippen molar-refractivity contribution in [3.05, 3.63) is 90.5 Å². The van der Waals surface area contributed by atoms with Crippen molar-refractivity contribution in [2.75, 3.05) is 5.32 Å². The van der Waals surface area contributed by atoms with Crippen LogP contribution in [0.1, 0.15) is 30.5 Å². The lowest BCUT2D eigenvalue weighted by molar-refractivity contribution is -0.117. The van der Waals surface area contributed by atoms with Crippen LogP contribution in [0.3, 0.4) is 0 Å². The molecular formula is C25H23N7O. The second kappa shape index (κ2) is 8.66. The van der Waals surface area contributed by atoms with Crippen LogP contribution in [0.2, 0.25) is 0 Å². The second-order valence-corrected chi connectivity index (χ2v) is 7.77. The van der Waals surface area contributed by atoms with Crippen LogP contribution in [0.4, 0.5) is 5.82 Å². The fourth-order valence-corrected chi connectivity index (χ4v) is 3.98. The number of hydrogen-bond donors (Lipinski definition) is 1. The van der Waals surface area contributed by atoms with E-state index >= 15 is 0 Å². The summed E-state index contributed by atoms with van der Waals surface area (Å²) in [6.07, 6.45) is 3.89. The maximum absolute atomic E-state index is 13.2. The Bertz CT molecular complexity index is 1410. The number of carbonyl (C=O) groups is 1. The van der Waals surface area contributed by atoms with Gasteiger partial charge in [0.1, 0.15) is 12.1 Å². The number of nitrogens with zero attached hydrogens (tertiary/aromatic N) is 6. The minimum atomic E-state index is -0.263. The van der Waals surface area contributed by atoms with Crippen molar-refractivity contribution >= 4 is 22.8 Å². The summed E-state index contributed by atoms with van der Waals surface area (Å²) in [4.78, 5) is 22.1. The lowest BCUT2D eigenvalue weighted by Gasteiger charge is -2.16. The third-order valence-corrected chi connectivity index (χ3v) is 5.56. The fraction of sp³-hybridized carbons (Fsp3) is 0.160. The van der Waals surface area contributed by atoms with Crippen LogP contribution in [-0.4, -0.2) is 35.4 Å². The highest BCUT2D eigenvalue weighted by Gasteiger charge is 2.22. The van der Waals surface area contributed by atoms with Gasteiger partial charge in [0.2, 0.25) is 5.91 Å². The SMILES string of the molecule is CC[C@H](C(=O)Nc1cc(C)nn1-c1ncnc2c1cnn2-c1ccccc1)c1ccccc1. The number of benzene rings is 2. The van der Waals surface area contributed by atoms with Gasteiger partial charge in [-0.3, -0.25) is 4.79 Å². The van der Waals surface area contributed by atoms with E-state index in [-0.39, 0.29) is 11.8 Å². The van der Waals surface area contributed by atoms with E-state index < -0.39 is 0 Å². The molecule has 0 radical (unpaired) electrons. The number of nitrogens with one attached hydrogen (secondary N) is 1. The van der Waals surface area contributed by atoms with Gasteiger partial charge >= 0.3 is 0 Å². The topological polar surface area (TPSA) is 90.5 Å². The quantitative estimate of drug-likeness (QED) is 0.424. The number of hydrogen-bond acceptors (Lipinski definition) is 5. The Morgan fingerprint density at radius 1 is 1.00 bits per heavy atom. The molecular weight excluding hydrogens is 414 g/mol. The summed E-state index contributed by atoms with van der Waals surface area (Å²) in [7, 11) is 0. The summed E-state index contributed by atoms with van der Waals surface area (Å²) in [6.45, 7) is 3.89. The van der Waals surface area contributed by atoms with E-state index in [2.05, 4.69) is 25.5 Å². The number of para-hydroxylation sites is 1. The van der Waals surface area contributed by atoms with E-state index in [9.17, 15) is 4.79 Å². The Balaban J connectivity index is 1.53. The van der Waals surface area contributed by atoms with E-state index in [1.54, 1.807) is 15.6 Å². The maximum Gasteiger partial charge on any atom is 0.233 e. The van der Waals surface area contributed by atoms with Crippen molar-refractivity contribution in [3.8, 4) is 11.5 Å². The molecule has 0 aliphatic rings. The fourth-order valence-electron chi connectivity index (χ4n) is 3.98. The first-order valence-electron chi connectivity index (χ1n) is 10.8. The molecule has 0 bridgehead atoms. The molecule has 3 heterocycles. The Kier molecular flexibility index (Phi) is 5.40. The lowest BCUT2D eigenvalue weighted by Crippen LogP contribution is -2.22. The summed E-state index contributed by atoms with van der Waals surface area (Å²) >= 11 is 0. The first-order chi connectivity index (χ1) is 16.2. The summed E-state index contributed by atoms with van der Waals surface area (Å²) in [5.41, 5.74) is 3.30. The first kappa shape index (κ1) is 20.6. The number of aromatic nitrogens is 6. The van der Waals surface area contributed by atoms with Gasteiger partial charge in [0.05, 0.1) is 28.9 Å². The molecule has 8 nitrogen and oxygen atoms in total. The van der Waals surface area contributed by atoms with Gasteiger partial charge in [0.15, 0.2) is 11.5 Å². The molecule has 0 spiro atoms. The van der Waals surface area contributed by atoms with Gasteiger partial charge in [-0.25, -0.2) is 14.6 Å². The average Bonchev–Trinajstić information content (AvgIpc) is 3.44. The molecule has 0 saturated heterocycles. The van der Waals surface area contributed by atoms with E-state index in [0.717, 1.165) is 22.3 Å². The number of aryl methyl sites for hydroxylation is 1. The average molecular weight is 438 g/mol. The van der Waals surface area contributed by atoms with Crippen molar-refractivity contribution in [1.82, 2.24) is 29.5 Å². The van der Waals surface area contributed by atoms with Gasteiger partial charge in [-0.05, 0) is 31.0 Å². The van der Waals surface area contributed by atoms with Crippen LogP contribution in [0, 0.1) is 6.92 Å². The molecule has 1 N–H and O–H groups in total. The predicted octanol–water partition coefficient (Wildman–Crippen LogP) is 4.44. The molecule has 33 heavy (non-hydrogen) atoms. The number of anilines is 1. The van der Waals surface area contributed by atoms with E-state index in [0.29, 0.717) is 23.7 Å². The van der Waals surface area contributed by atoms with Crippen molar-refractivity contribution in [2.24, 2.45) is 0 Å². The summed E-state index contributed by atoms with van der Waals surface area (Å²) in [5.74, 6) is 0.758. The lowest BCUT2D eigenvalue weighted by atomic mass is 9.96. The maximum atomic E-state index is 13.2. The molecule has 1 amide bonds. The van der Waals surface area contributed by atoms with Crippen LogP contribution < -0.4 is 5.32 Å². The highest BCUT2D eigenvalue weighted by Crippen LogP contribution is 2.26. The Hall–Kier alpha value is -4.33. The van der Waals surface area contributed by atoms with Gasteiger partial charge in [0.25, 0.3) is 0 Å². The third kappa shape index (κ3) is 3.87. The number of amides is 1. The largest absolute Gasteiger partial charge is 0.310 e. The molecule has 0 aliphatic carbocycles. The standard InChI is InChI=1S/C25H23N7O/c1-3-20(18-10-6-4-7-11-18)25(33)29-22-14-17(2)30-32(22)24-21-15-28-31(23(21)26-16-27-24)19-12-8-5-9-13-19/h4-16,20H,3H2,1-2H3,(H,29,33)/t20-/m0/s1. The number of fused-ring (bicyclic) bond motifs is 1. The summed E-state index contributed by atoms with van der Waals surface area (Å²) in [5, 5.41) is 12.9. The van der Waals surface area contributed by atoms with Crippen LogP contribution in [0.15, 0.2) is 79.3 Å². The second-order valence-electron chi connectivity index (χ2n) is 7.77. The van der Waals surface area contributed by atoms with E-state index in [1.807, 2.05) is 80.6 Å². The van der Waals surface area contributed by atoms with Crippen LogP contribution in [0.5, 0.6) is 0 Å². The Morgan fingerprint density at radius 3 is 2.45 bits per heavy atom. The monoisotopic (exact) mass is 437 g/mol. The molecule has 0 saturated carbocycles. The first-order valence-corrected chi connectivity index (χ1v) is 10.8. The number of rotatable bonds is 6. The highest BCUT2D eigenvalue weighted by molar-refractivity contribution is 5.96. The number of carbonyl (C=O) groups excluding carboxylic acids is 1. The Labute approximate surface area is 190 Å². The van der Waals surface area contributed by atoms with E-state index in [4.69, 9.17) is 0 Å². The highest BCUT2D eigenvalue weighted by atomic mass is 16.2. The molecule has 5 rings (SSSR count). The molecule has 5 aromatic rings. The normalized spacial score (nSPS) is 12.1. The Morgan fingerprint density at radius 2 is 1.73 bits per heavy atom. The minimum Gasteiger partial charge on any atom is -0.310 e. The minimum absolute atomic E-state index is 0.0878. The molecule has 2 aromatic carbocycles. The molecule has 1 atom stereocenters.